The minimum Gasteiger partial charge on any atom is -0.493 e. The molecule has 194 valence electrons. The van der Waals surface area contributed by atoms with E-state index in [0.717, 1.165) is 37.3 Å². The lowest BCUT2D eigenvalue weighted by molar-refractivity contribution is 0.127. The molecule has 0 saturated carbocycles. The lowest BCUT2D eigenvalue weighted by Gasteiger charge is -2.36. The summed E-state index contributed by atoms with van der Waals surface area (Å²) in [6, 6.07) is 13.4. The van der Waals surface area contributed by atoms with Crippen molar-refractivity contribution in [2.75, 3.05) is 27.9 Å². The van der Waals surface area contributed by atoms with E-state index in [1.54, 1.807) is 21.3 Å². The van der Waals surface area contributed by atoms with E-state index in [2.05, 4.69) is 73.8 Å². The van der Waals surface area contributed by atoms with Crippen LogP contribution in [0, 0.1) is 12.8 Å². The van der Waals surface area contributed by atoms with Gasteiger partial charge in [-0.1, -0.05) is 38.5 Å². The molecule has 0 saturated heterocycles. The SMILES string of the molecule is CCC(N=CN1CCc2c(n(COC)c3ccc(C)cc23)C1Cc1ccc(OC)c(OC)c1)C(C)C. The molecule has 0 N–H and O–H groups in total. The Morgan fingerprint density at radius 3 is 2.50 bits per heavy atom. The number of aliphatic imine (C=N–C) groups is 1. The van der Waals surface area contributed by atoms with Crippen LogP contribution in [-0.2, 0) is 24.3 Å². The summed E-state index contributed by atoms with van der Waals surface area (Å²) in [5.74, 6) is 2.01. The normalized spacial score (nSPS) is 16.7. The van der Waals surface area contributed by atoms with E-state index in [1.807, 2.05) is 6.07 Å². The van der Waals surface area contributed by atoms with Gasteiger partial charge in [0.1, 0.15) is 6.73 Å². The molecule has 6 heteroatoms. The Kier molecular flexibility index (Phi) is 8.24. The molecule has 0 amide bonds. The largest absolute Gasteiger partial charge is 0.493 e. The molecule has 0 aliphatic carbocycles. The van der Waals surface area contributed by atoms with Gasteiger partial charge >= 0.3 is 0 Å². The monoisotopic (exact) mass is 491 g/mol. The lowest BCUT2D eigenvalue weighted by atomic mass is 9.92. The zero-order chi connectivity index (χ0) is 25.8. The number of nitrogens with zero attached hydrogens (tertiary/aromatic N) is 3. The smallest absolute Gasteiger partial charge is 0.160 e. The second kappa shape index (κ2) is 11.4. The van der Waals surface area contributed by atoms with Crippen molar-refractivity contribution in [3.05, 3.63) is 58.8 Å². The third-order valence-corrected chi connectivity index (χ3v) is 7.43. The number of ether oxygens (including phenoxy) is 3. The number of aryl methyl sites for hydroxylation is 1. The topological polar surface area (TPSA) is 48.2 Å². The van der Waals surface area contributed by atoms with E-state index in [9.17, 15) is 0 Å². The lowest BCUT2D eigenvalue weighted by Crippen LogP contribution is -2.37. The highest BCUT2D eigenvalue weighted by atomic mass is 16.5. The molecular weight excluding hydrogens is 450 g/mol. The fourth-order valence-electron chi connectivity index (χ4n) is 5.53. The van der Waals surface area contributed by atoms with Crippen molar-refractivity contribution in [2.45, 2.75) is 65.8 Å². The first-order chi connectivity index (χ1) is 17.4. The van der Waals surface area contributed by atoms with E-state index >= 15 is 0 Å². The van der Waals surface area contributed by atoms with Crippen molar-refractivity contribution in [3.63, 3.8) is 0 Å². The number of rotatable bonds is 10. The molecule has 1 aliphatic rings. The summed E-state index contributed by atoms with van der Waals surface area (Å²) < 4.78 is 19.2. The van der Waals surface area contributed by atoms with Crippen molar-refractivity contribution < 1.29 is 14.2 Å². The van der Waals surface area contributed by atoms with Gasteiger partial charge in [0.05, 0.1) is 38.2 Å². The number of methoxy groups -OCH3 is 3. The van der Waals surface area contributed by atoms with E-state index in [1.165, 1.54) is 33.3 Å². The van der Waals surface area contributed by atoms with Crippen LogP contribution in [-0.4, -0.2) is 49.7 Å². The van der Waals surface area contributed by atoms with Crippen molar-refractivity contribution in [2.24, 2.45) is 10.9 Å². The van der Waals surface area contributed by atoms with Gasteiger partial charge in [-0.3, -0.25) is 4.99 Å². The molecule has 0 radical (unpaired) electrons. The maximum atomic E-state index is 5.71. The molecule has 36 heavy (non-hydrogen) atoms. The van der Waals surface area contributed by atoms with Crippen LogP contribution in [0.1, 0.15) is 55.6 Å². The van der Waals surface area contributed by atoms with Gasteiger partial charge in [-0.2, -0.15) is 0 Å². The number of benzene rings is 2. The first-order valence-electron chi connectivity index (χ1n) is 13.0. The molecule has 2 atom stereocenters. The fraction of sp³-hybridized carbons (Fsp3) is 0.500. The maximum Gasteiger partial charge on any atom is 0.160 e. The summed E-state index contributed by atoms with van der Waals surface area (Å²) in [5, 5.41) is 1.34. The van der Waals surface area contributed by atoms with Crippen LogP contribution >= 0.6 is 0 Å². The van der Waals surface area contributed by atoms with Gasteiger partial charge in [-0.05, 0) is 67.5 Å². The van der Waals surface area contributed by atoms with Gasteiger partial charge in [0, 0.05) is 24.7 Å². The van der Waals surface area contributed by atoms with Crippen molar-refractivity contribution >= 4 is 17.2 Å². The summed E-state index contributed by atoms with van der Waals surface area (Å²) in [7, 11) is 5.13. The Morgan fingerprint density at radius 2 is 1.83 bits per heavy atom. The molecule has 6 nitrogen and oxygen atoms in total. The molecule has 3 aromatic rings. The second-order valence-corrected chi connectivity index (χ2v) is 10.1. The number of aromatic nitrogens is 1. The van der Waals surface area contributed by atoms with E-state index < -0.39 is 0 Å². The predicted octanol–water partition coefficient (Wildman–Crippen LogP) is 6.18. The third kappa shape index (κ3) is 5.10. The van der Waals surface area contributed by atoms with Crippen molar-refractivity contribution in [1.82, 2.24) is 9.47 Å². The van der Waals surface area contributed by atoms with Crippen molar-refractivity contribution in [1.29, 1.82) is 0 Å². The van der Waals surface area contributed by atoms with E-state index in [4.69, 9.17) is 19.2 Å². The van der Waals surface area contributed by atoms with Crippen LogP contribution < -0.4 is 9.47 Å². The van der Waals surface area contributed by atoms with Crippen LogP contribution in [0.2, 0.25) is 0 Å². The molecule has 0 bridgehead atoms. The van der Waals surface area contributed by atoms with Gasteiger partial charge in [-0.25, -0.2) is 0 Å². The van der Waals surface area contributed by atoms with Gasteiger partial charge in [-0.15, -0.1) is 0 Å². The van der Waals surface area contributed by atoms with Crippen LogP contribution in [0.3, 0.4) is 0 Å². The molecule has 0 spiro atoms. The summed E-state index contributed by atoms with van der Waals surface area (Å²) >= 11 is 0. The highest BCUT2D eigenvalue weighted by Gasteiger charge is 2.32. The zero-order valence-electron chi connectivity index (χ0n) is 22.9. The molecule has 1 aliphatic heterocycles. The van der Waals surface area contributed by atoms with Gasteiger partial charge in [0.2, 0.25) is 0 Å². The molecule has 2 aromatic carbocycles. The standard InChI is InChI=1S/C30H41N3O3/c1-8-25(20(2)3)31-18-32-14-13-23-24-15-21(4)9-11-26(24)33(19-34-5)30(23)27(32)16-22-10-12-28(35-6)29(17-22)36-7/h9-12,15,17-18,20,25,27H,8,13-14,16,19H2,1-7H3. The second-order valence-electron chi connectivity index (χ2n) is 10.1. The average Bonchev–Trinajstić information content (AvgIpc) is 3.18. The van der Waals surface area contributed by atoms with Crippen LogP contribution in [0.15, 0.2) is 41.4 Å². The number of fused-ring (bicyclic) bond motifs is 3. The molecule has 2 unspecified atom stereocenters. The van der Waals surface area contributed by atoms with E-state index in [0.29, 0.717) is 18.7 Å². The van der Waals surface area contributed by atoms with Crippen LogP contribution in [0.5, 0.6) is 11.5 Å². The molecule has 0 fully saturated rings. The summed E-state index contributed by atoms with van der Waals surface area (Å²) in [6.45, 7) is 10.3. The van der Waals surface area contributed by atoms with Crippen LogP contribution in [0.25, 0.3) is 10.9 Å². The quantitative estimate of drug-likeness (QED) is 0.251. The zero-order valence-corrected chi connectivity index (χ0v) is 22.9. The average molecular weight is 492 g/mol. The van der Waals surface area contributed by atoms with Gasteiger partial charge in [0.25, 0.3) is 0 Å². The van der Waals surface area contributed by atoms with Crippen molar-refractivity contribution in [3.8, 4) is 11.5 Å². The molecule has 4 rings (SSSR count). The minimum atomic E-state index is 0.128. The molecule has 1 aromatic heterocycles. The van der Waals surface area contributed by atoms with Gasteiger partial charge in [0.15, 0.2) is 11.5 Å². The minimum absolute atomic E-state index is 0.128. The Balaban J connectivity index is 1.84. The number of hydrogen-bond acceptors (Lipinski definition) is 4. The summed E-state index contributed by atoms with van der Waals surface area (Å²) in [5.41, 5.74) is 6.46. The summed E-state index contributed by atoms with van der Waals surface area (Å²) in [6.07, 6.45) is 4.97. The first kappa shape index (κ1) is 26.1. The van der Waals surface area contributed by atoms with Crippen LogP contribution in [0.4, 0.5) is 0 Å². The Morgan fingerprint density at radius 1 is 1.06 bits per heavy atom. The Hall–Kier alpha value is -2.99. The third-order valence-electron chi connectivity index (χ3n) is 7.43. The van der Waals surface area contributed by atoms with E-state index in [-0.39, 0.29) is 6.04 Å². The highest BCUT2D eigenvalue weighted by Crippen LogP contribution is 2.40. The first-order valence-corrected chi connectivity index (χ1v) is 13.0. The summed E-state index contributed by atoms with van der Waals surface area (Å²) in [4.78, 5) is 7.48. The molecule has 2 heterocycles. The van der Waals surface area contributed by atoms with Gasteiger partial charge < -0.3 is 23.7 Å². The Labute approximate surface area is 215 Å². The fourth-order valence-corrected chi connectivity index (χ4v) is 5.53. The predicted molar refractivity (Wildman–Crippen MR) is 147 cm³/mol. The molecular formula is C30H41N3O3. The highest BCUT2D eigenvalue weighted by molar-refractivity contribution is 5.87. The maximum absolute atomic E-state index is 5.71. The Bertz CT molecular complexity index is 1210. The number of hydrogen-bond donors (Lipinski definition) is 0.